The van der Waals surface area contributed by atoms with Crippen LogP contribution in [0.1, 0.15) is 32.3 Å². The van der Waals surface area contributed by atoms with Gasteiger partial charge in [0.1, 0.15) is 0 Å². The summed E-state index contributed by atoms with van der Waals surface area (Å²) < 4.78 is 5.58. The number of rotatable bonds is 8. The second-order valence-corrected chi connectivity index (χ2v) is 5.22. The molecule has 0 amide bonds. The second-order valence-electron chi connectivity index (χ2n) is 5.22. The third-order valence-electron chi connectivity index (χ3n) is 3.26. The standard InChI is InChI=1S/C16H24O2/c1-4-16(2,3)15(17)11-8-12-18-13-14-9-6-5-7-10-14/h4-7,9-10,15,17H,1,8,11-13H2,2-3H3/t15-/m1/s1. The fraction of sp³-hybridized carbons (Fsp3) is 0.500. The molecule has 1 atom stereocenters. The summed E-state index contributed by atoms with van der Waals surface area (Å²) in [6, 6.07) is 10.1. The molecule has 0 bridgehead atoms. The van der Waals surface area contributed by atoms with Crippen LogP contribution in [0.4, 0.5) is 0 Å². The van der Waals surface area contributed by atoms with E-state index < -0.39 is 0 Å². The molecule has 0 aliphatic rings. The number of aliphatic hydroxyl groups excluding tert-OH is 1. The van der Waals surface area contributed by atoms with E-state index in [0.717, 1.165) is 12.8 Å². The molecule has 1 rings (SSSR count). The van der Waals surface area contributed by atoms with E-state index >= 15 is 0 Å². The first-order valence-corrected chi connectivity index (χ1v) is 6.49. The van der Waals surface area contributed by atoms with Gasteiger partial charge in [0.2, 0.25) is 0 Å². The molecule has 100 valence electrons. The van der Waals surface area contributed by atoms with E-state index in [-0.39, 0.29) is 11.5 Å². The van der Waals surface area contributed by atoms with Crippen LogP contribution in [-0.4, -0.2) is 17.8 Å². The zero-order chi connectivity index (χ0) is 13.4. The molecule has 0 saturated heterocycles. The normalized spacial score (nSPS) is 13.3. The minimum Gasteiger partial charge on any atom is -0.392 e. The summed E-state index contributed by atoms with van der Waals surface area (Å²) in [5, 5.41) is 9.97. The minimum atomic E-state index is -0.352. The van der Waals surface area contributed by atoms with E-state index in [4.69, 9.17) is 4.74 Å². The number of aliphatic hydroxyl groups is 1. The Morgan fingerprint density at radius 2 is 2.00 bits per heavy atom. The van der Waals surface area contributed by atoms with Gasteiger partial charge in [0.25, 0.3) is 0 Å². The molecule has 0 unspecified atom stereocenters. The van der Waals surface area contributed by atoms with Crippen LogP contribution in [0.15, 0.2) is 43.0 Å². The summed E-state index contributed by atoms with van der Waals surface area (Å²) in [5.41, 5.74) is 0.962. The maximum absolute atomic E-state index is 9.97. The Morgan fingerprint density at radius 1 is 1.33 bits per heavy atom. The summed E-state index contributed by atoms with van der Waals surface area (Å²) in [6.07, 6.45) is 3.07. The Kier molecular flexibility index (Phi) is 6.10. The number of ether oxygens (including phenoxy) is 1. The molecular formula is C16H24O2. The topological polar surface area (TPSA) is 29.5 Å². The van der Waals surface area contributed by atoms with E-state index in [1.165, 1.54) is 5.56 Å². The smallest absolute Gasteiger partial charge is 0.0716 e. The lowest BCUT2D eigenvalue weighted by Gasteiger charge is -2.26. The Labute approximate surface area is 110 Å². The van der Waals surface area contributed by atoms with E-state index in [2.05, 4.69) is 18.7 Å². The molecule has 0 spiro atoms. The van der Waals surface area contributed by atoms with Crippen molar-refractivity contribution in [2.75, 3.05) is 6.61 Å². The van der Waals surface area contributed by atoms with Crippen LogP contribution in [0.2, 0.25) is 0 Å². The molecule has 18 heavy (non-hydrogen) atoms. The number of hydrogen-bond donors (Lipinski definition) is 1. The molecule has 0 aromatic heterocycles. The van der Waals surface area contributed by atoms with Crippen LogP contribution in [-0.2, 0) is 11.3 Å². The van der Waals surface area contributed by atoms with Gasteiger partial charge in [0.15, 0.2) is 0 Å². The van der Waals surface area contributed by atoms with Crippen molar-refractivity contribution in [3.05, 3.63) is 48.6 Å². The highest BCUT2D eigenvalue weighted by Gasteiger charge is 2.23. The molecule has 0 aliphatic carbocycles. The van der Waals surface area contributed by atoms with Gasteiger partial charge >= 0.3 is 0 Å². The molecule has 1 aromatic carbocycles. The molecule has 1 N–H and O–H groups in total. The highest BCUT2D eigenvalue weighted by atomic mass is 16.5. The summed E-state index contributed by atoms with van der Waals surface area (Å²) in [7, 11) is 0. The lowest BCUT2D eigenvalue weighted by atomic mass is 9.84. The third-order valence-corrected chi connectivity index (χ3v) is 3.26. The van der Waals surface area contributed by atoms with Crippen molar-refractivity contribution in [2.24, 2.45) is 5.41 Å². The van der Waals surface area contributed by atoms with Crippen LogP contribution in [0, 0.1) is 5.41 Å². The van der Waals surface area contributed by atoms with Gasteiger partial charge in [-0.25, -0.2) is 0 Å². The van der Waals surface area contributed by atoms with Gasteiger partial charge in [-0.05, 0) is 18.4 Å². The molecule has 0 heterocycles. The zero-order valence-corrected chi connectivity index (χ0v) is 11.4. The highest BCUT2D eigenvalue weighted by Crippen LogP contribution is 2.24. The molecule has 0 radical (unpaired) electrons. The summed E-state index contributed by atoms with van der Waals surface area (Å²) in [4.78, 5) is 0. The monoisotopic (exact) mass is 248 g/mol. The summed E-state index contributed by atoms with van der Waals surface area (Å²) in [6.45, 7) is 9.06. The van der Waals surface area contributed by atoms with Crippen molar-refractivity contribution in [1.29, 1.82) is 0 Å². The molecule has 0 saturated carbocycles. The van der Waals surface area contributed by atoms with Crippen molar-refractivity contribution in [3.8, 4) is 0 Å². The maximum Gasteiger partial charge on any atom is 0.0716 e. The first-order chi connectivity index (χ1) is 8.56. The fourth-order valence-corrected chi connectivity index (χ4v) is 1.65. The van der Waals surface area contributed by atoms with E-state index in [1.54, 1.807) is 0 Å². The van der Waals surface area contributed by atoms with Crippen LogP contribution >= 0.6 is 0 Å². The third kappa shape index (κ3) is 5.03. The first-order valence-electron chi connectivity index (χ1n) is 6.49. The number of benzene rings is 1. The largest absolute Gasteiger partial charge is 0.392 e. The van der Waals surface area contributed by atoms with E-state index in [9.17, 15) is 5.11 Å². The van der Waals surface area contributed by atoms with Crippen LogP contribution in [0.25, 0.3) is 0 Å². The molecule has 1 aromatic rings. The van der Waals surface area contributed by atoms with Gasteiger partial charge in [-0.1, -0.05) is 50.3 Å². The fourth-order valence-electron chi connectivity index (χ4n) is 1.65. The summed E-state index contributed by atoms with van der Waals surface area (Å²) in [5.74, 6) is 0. The van der Waals surface area contributed by atoms with Crippen molar-refractivity contribution in [1.82, 2.24) is 0 Å². The predicted octanol–water partition coefficient (Wildman–Crippen LogP) is 3.56. The van der Waals surface area contributed by atoms with Gasteiger partial charge in [-0.2, -0.15) is 0 Å². The molecule has 0 fully saturated rings. The zero-order valence-electron chi connectivity index (χ0n) is 11.4. The Balaban J connectivity index is 2.14. The molecular weight excluding hydrogens is 224 g/mol. The highest BCUT2D eigenvalue weighted by molar-refractivity contribution is 5.13. The van der Waals surface area contributed by atoms with E-state index in [0.29, 0.717) is 13.2 Å². The van der Waals surface area contributed by atoms with Crippen molar-refractivity contribution in [3.63, 3.8) is 0 Å². The van der Waals surface area contributed by atoms with Gasteiger partial charge < -0.3 is 9.84 Å². The average Bonchev–Trinajstić information content (AvgIpc) is 2.39. The Morgan fingerprint density at radius 3 is 2.61 bits per heavy atom. The summed E-state index contributed by atoms with van der Waals surface area (Å²) >= 11 is 0. The van der Waals surface area contributed by atoms with Gasteiger partial charge in [0, 0.05) is 12.0 Å². The second kappa shape index (κ2) is 7.34. The molecule has 2 nitrogen and oxygen atoms in total. The average molecular weight is 248 g/mol. The minimum absolute atomic E-state index is 0.223. The van der Waals surface area contributed by atoms with Gasteiger partial charge in [-0.3, -0.25) is 0 Å². The first kappa shape index (κ1) is 14.9. The number of hydrogen-bond acceptors (Lipinski definition) is 2. The van der Waals surface area contributed by atoms with Crippen LogP contribution in [0.3, 0.4) is 0 Å². The SMILES string of the molecule is C=CC(C)(C)[C@H](O)CCCOCc1ccccc1. The van der Waals surface area contributed by atoms with Gasteiger partial charge in [-0.15, -0.1) is 6.58 Å². The maximum atomic E-state index is 9.97. The Hall–Kier alpha value is -1.12. The van der Waals surface area contributed by atoms with Gasteiger partial charge in [0.05, 0.1) is 12.7 Å². The molecule has 0 aliphatic heterocycles. The van der Waals surface area contributed by atoms with Crippen molar-refractivity contribution in [2.45, 2.75) is 39.4 Å². The van der Waals surface area contributed by atoms with E-state index in [1.807, 2.05) is 38.1 Å². The Bertz CT molecular complexity index is 343. The quantitative estimate of drug-likeness (QED) is 0.563. The van der Waals surface area contributed by atoms with Crippen molar-refractivity contribution < 1.29 is 9.84 Å². The molecule has 2 heteroatoms. The van der Waals surface area contributed by atoms with Crippen LogP contribution in [0.5, 0.6) is 0 Å². The lowest BCUT2D eigenvalue weighted by Crippen LogP contribution is -2.27. The predicted molar refractivity (Wildman–Crippen MR) is 75.3 cm³/mol. The lowest BCUT2D eigenvalue weighted by molar-refractivity contribution is 0.0542. The van der Waals surface area contributed by atoms with Crippen molar-refractivity contribution >= 4 is 0 Å². The van der Waals surface area contributed by atoms with Crippen LogP contribution < -0.4 is 0 Å².